The van der Waals surface area contributed by atoms with Gasteiger partial charge in [0.25, 0.3) is 0 Å². The molecule has 2 amide bonds. The van der Waals surface area contributed by atoms with E-state index in [1.54, 1.807) is 0 Å². The fourth-order valence-electron chi connectivity index (χ4n) is 2.04. The van der Waals surface area contributed by atoms with E-state index >= 15 is 0 Å². The minimum absolute atomic E-state index is 0.0355. The van der Waals surface area contributed by atoms with Crippen molar-refractivity contribution in [3.8, 4) is 0 Å². The molecule has 10 nitrogen and oxygen atoms in total. The van der Waals surface area contributed by atoms with Gasteiger partial charge in [-0.3, -0.25) is 15.2 Å². The molecule has 0 saturated carbocycles. The summed E-state index contributed by atoms with van der Waals surface area (Å²) in [5.74, 6) is -0.00156. The fraction of sp³-hybridized carbons (Fsp3) is 0.462. The maximum absolute atomic E-state index is 11.9. The molecule has 0 atom stereocenters. The lowest BCUT2D eigenvalue weighted by molar-refractivity contribution is -0.122. The number of aromatic amines is 1. The lowest BCUT2D eigenvalue weighted by Crippen LogP contribution is -2.30. The summed E-state index contributed by atoms with van der Waals surface area (Å²) >= 11 is 0. The van der Waals surface area contributed by atoms with E-state index in [1.165, 1.54) is 18.1 Å². The first-order valence-corrected chi connectivity index (χ1v) is 7.02. The second-order valence-electron chi connectivity index (χ2n) is 4.89. The summed E-state index contributed by atoms with van der Waals surface area (Å²) in [4.78, 5) is 24.1. The first-order valence-electron chi connectivity index (χ1n) is 7.02. The smallest absolute Gasteiger partial charge is 0.412 e. The summed E-state index contributed by atoms with van der Waals surface area (Å²) < 4.78 is 4.44. The zero-order valence-electron chi connectivity index (χ0n) is 13.2. The number of ether oxygens (including phenoxy) is 1. The quantitative estimate of drug-likeness (QED) is 0.695. The number of rotatable bonds is 6. The minimum Gasteiger partial charge on any atom is -0.453 e. The van der Waals surface area contributed by atoms with Gasteiger partial charge in [0, 0.05) is 12.2 Å². The van der Waals surface area contributed by atoms with Gasteiger partial charge in [0.15, 0.2) is 5.82 Å². The number of hydrogen-bond donors (Lipinski definition) is 3. The van der Waals surface area contributed by atoms with Crippen molar-refractivity contribution in [2.24, 2.45) is 0 Å². The van der Waals surface area contributed by atoms with Crippen LogP contribution in [-0.4, -0.2) is 50.8 Å². The third kappa shape index (κ3) is 4.53. The lowest BCUT2D eigenvalue weighted by atomic mass is 10.1. The number of aryl methyl sites for hydroxylation is 2. The van der Waals surface area contributed by atoms with Gasteiger partial charge < -0.3 is 10.1 Å². The van der Waals surface area contributed by atoms with Gasteiger partial charge in [-0.15, -0.1) is 5.10 Å². The van der Waals surface area contributed by atoms with Gasteiger partial charge in [-0.05, 0) is 25.8 Å². The molecule has 2 aromatic rings. The molecule has 0 aliphatic carbocycles. The summed E-state index contributed by atoms with van der Waals surface area (Å²) in [6.07, 6.45) is 1.39. The Morgan fingerprint density at radius 2 is 2.17 bits per heavy atom. The number of methoxy groups -OCH3 is 1. The number of carbonyl (C=O) groups is 2. The first kappa shape index (κ1) is 16.5. The Hall–Kier alpha value is -2.91. The fourth-order valence-corrected chi connectivity index (χ4v) is 2.04. The van der Waals surface area contributed by atoms with Gasteiger partial charge in [-0.1, -0.05) is 0 Å². The molecule has 124 valence electrons. The summed E-state index contributed by atoms with van der Waals surface area (Å²) in [5, 5.41) is 20.0. The van der Waals surface area contributed by atoms with Crippen LogP contribution in [0.4, 0.5) is 10.6 Å². The highest BCUT2D eigenvalue weighted by Crippen LogP contribution is 2.09. The van der Waals surface area contributed by atoms with Crippen molar-refractivity contribution < 1.29 is 14.3 Å². The molecule has 10 heteroatoms. The molecule has 2 rings (SSSR count). The van der Waals surface area contributed by atoms with Crippen LogP contribution in [0.1, 0.15) is 17.0 Å². The summed E-state index contributed by atoms with van der Waals surface area (Å²) in [5.41, 5.74) is 3.04. The van der Waals surface area contributed by atoms with E-state index in [1.807, 2.05) is 13.8 Å². The van der Waals surface area contributed by atoms with Gasteiger partial charge in [-0.25, -0.2) is 4.79 Å². The lowest BCUT2D eigenvalue weighted by Gasteiger charge is -2.05. The van der Waals surface area contributed by atoms with Gasteiger partial charge in [0.05, 0.1) is 19.0 Å². The molecule has 0 aliphatic rings. The predicted molar refractivity (Wildman–Crippen MR) is 80.8 cm³/mol. The Morgan fingerprint density at radius 1 is 1.39 bits per heavy atom. The molecule has 2 heterocycles. The average Bonchev–Trinajstić information content (AvgIpc) is 3.07. The van der Waals surface area contributed by atoms with Crippen LogP contribution in [0.15, 0.2) is 6.20 Å². The maximum atomic E-state index is 11.9. The highest BCUT2D eigenvalue weighted by atomic mass is 16.5. The monoisotopic (exact) mass is 321 g/mol. The van der Waals surface area contributed by atoms with Crippen LogP contribution >= 0.6 is 0 Å². The number of carbonyl (C=O) groups excluding carboxylic acids is 2. The topological polar surface area (TPSA) is 127 Å². The molecule has 0 aliphatic heterocycles. The summed E-state index contributed by atoms with van der Waals surface area (Å²) in [6, 6.07) is 0. The van der Waals surface area contributed by atoms with Crippen LogP contribution in [-0.2, 0) is 22.5 Å². The summed E-state index contributed by atoms with van der Waals surface area (Å²) in [6.45, 7) is 4.32. The Labute approximate surface area is 132 Å². The van der Waals surface area contributed by atoms with E-state index in [9.17, 15) is 9.59 Å². The molecule has 0 fully saturated rings. The van der Waals surface area contributed by atoms with Crippen LogP contribution < -0.4 is 10.6 Å². The summed E-state index contributed by atoms with van der Waals surface area (Å²) in [7, 11) is 1.25. The molecule has 3 N–H and O–H groups in total. The molecular weight excluding hydrogens is 302 g/mol. The van der Waals surface area contributed by atoms with E-state index in [-0.39, 0.29) is 18.3 Å². The average molecular weight is 321 g/mol. The Kier molecular flexibility index (Phi) is 5.28. The van der Waals surface area contributed by atoms with Crippen molar-refractivity contribution in [3.05, 3.63) is 23.1 Å². The largest absolute Gasteiger partial charge is 0.453 e. The Balaban J connectivity index is 1.78. The van der Waals surface area contributed by atoms with Crippen molar-refractivity contribution in [1.29, 1.82) is 0 Å². The van der Waals surface area contributed by atoms with Crippen molar-refractivity contribution in [1.82, 2.24) is 30.5 Å². The molecule has 0 aromatic carbocycles. The number of anilines is 1. The zero-order chi connectivity index (χ0) is 16.8. The Morgan fingerprint density at radius 3 is 2.83 bits per heavy atom. The molecule has 0 bridgehead atoms. The van der Waals surface area contributed by atoms with Crippen LogP contribution in [0, 0.1) is 13.8 Å². The maximum Gasteiger partial charge on any atom is 0.412 e. The second kappa shape index (κ2) is 7.38. The molecule has 0 radical (unpaired) electrons. The van der Waals surface area contributed by atoms with Crippen LogP contribution in [0.2, 0.25) is 0 Å². The van der Waals surface area contributed by atoms with Gasteiger partial charge >= 0.3 is 6.09 Å². The van der Waals surface area contributed by atoms with E-state index < -0.39 is 6.09 Å². The number of amides is 2. The number of H-pyrrole nitrogens is 1. The zero-order valence-corrected chi connectivity index (χ0v) is 13.2. The van der Waals surface area contributed by atoms with Crippen LogP contribution in [0.3, 0.4) is 0 Å². The van der Waals surface area contributed by atoms with Crippen molar-refractivity contribution in [3.63, 3.8) is 0 Å². The van der Waals surface area contributed by atoms with E-state index in [4.69, 9.17) is 0 Å². The van der Waals surface area contributed by atoms with Crippen molar-refractivity contribution in [2.75, 3.05) is 19.0 Å². The highest BCUT2D eigenvalue weighted by Gasteiger charge is 2.10. The van der Waals surface area contributed by atoms with E-state index in [0.29, 0.717) is 13.0 Å². The second-order valence-corrected chi connectivity index (χ2v) is 4.89. The molecule has 0 spiro atoms. The van der Waals surface area contributed by atoms with Crippen molar-refractivity contribution >= 4 is 17.8 Å². The van der Waals surface area contributed by atoms with Crippen LogP contribution in [0.5, 0.6) is 0 Å². The van der Waals surface area contributed by atoms with Crippen molar-refractivity contribution in [2.45, 2.75) is 26.8 Å². The number of nitrogens with zero attached hydrogens (tertiary/aromatic N) is 4. The molecule has 23 heavy (non-hydrogen) atoms. The van der Waals surface area contributed by atoms with Gasteiger partial charge in [0.2, 0.25) is 5.91 Å². The number of nitrogens with one attached hydrogen (secondary N) is 3. The standard InChI is InChI=1S/C13H19N7O3/c1-8-10(9(2)18-17-8)4-5-14-12(21)7-20-15-6-11(19-20)16-13(22)23-3/h6H,4-5,7H2,1-3H3,(H,14,21)(H,17,18)(H,16,19,22). The SMILES string of the molecule is COC(=O)Nc1cnn(CC(=O)NCCc2c(C)n[nH]c2C)n1. The van der Waals surface area contributed by atoms with E-state index in [0.717, 1.165) is 17.0 Å². The number of hydrogen-bond acceptors (Lipinski definition) is 6. The normalized spacial score (nSPS) is 10.4. The Bertz CT molecular complexity index is 672. The number of aromatic nitrogens is 5. The molecule has 0 saturated heterocycles. The third-order valence-corrected chi connectivity index (χ3v) is 3.21. The molecule has 2 aromatic heterocycles. The third-order valence-electron chi connectivity index (χ3n) is 3.21. The minimum atomic E-state index is -0.646. The predicted octanol–water partition coefficient (Wildman–Crippen LogP) is 0.155. The van der Waals surface area contributed by atoms with Gasteiger partial charge in [0.1, 0.15) is 6.54 Å². The molecule has 0 unspecified atom stereocenters. The highest BCUT2D eigenvalue weighted by molar-refractivity contribution is 5.82. The first-order chi connectivity index (χ1) is 11.0. The van der Waals surface area contributed by atoms with Gasteiger partial charge in [-0.2, -0.15) is 15.0 Å². The van der Waals surface area contributed by atoms with Crippen LogP contribution in [0.25, 0.3) is 0 Å². The van der Waals surface area contributed by atoms with E-state index in [2.05, 4.69) is 35.8 Å². The molecular formula is C13H19N7O3.